The Labute approximate surface area is 237 Å². The zero-order valence-corrected chi connectivity index (χ0v) is 23.1. The van der Waals surface area contributed by atoms with Crippen LogP contribution in [0.25, 0.3) is 11.0 Å². The van der Waals surface area contributed by atoms with Crippen LogP contribution in [-0.2, 0) is 24.2 Å². The van der Waals surface area contributed by atoms with E-state index < -0.39 is 0 Å². The number of nitriles is 1. The number of imidazole rings is 1. The molecule has 0 N–H and O–H groups in total. The van der Waals surface area contributed by atoms with E-state index in [0.717, 1.165) is 67.9 Å². The Morgan fingerprint density at radius 3 is 2.70 bits per heavy atom. The highest BCUT2D eigenvalue weighted by Gasteiger charge is 2.44. The van der Waals surface area contributed by atoms with Gasteiger partial charge in [0.15, 0.2) is 0 Å². The molecule has 0 radical (unpaired) electrons. The van der Waals surface area contributed by atoms with Gasteiger partial charge < -0.3 is 14.0 Å². The highest BCUT2D eigenvalue weighted by atomic mass is 35.5. The maximum absolute atomic E-state index is 14.2. The van der Waals surface area contributed by atoms with E-state index in [1.165, 1.54) is 6.07 Å². The molecular weight excluding hydrogens is 531 g/mol. The first-order valence-electron chi connectivity index (χ1n) is 13.5. The number of likely N-dealkylation sites (tertiary alicyclic amines) is 1. The van der Waals surface area contributed by atoms with Gasteiger partial charge in [0.25, 0.3) is 0 Å². The molecule has 8 nitrogen and oxygen atoms in total. The topological polar surface area (TPSA) is 89.1 Å². The summed E-state index contributed by atoms with van der Waals surface area (Å²) in [6, 6.07) is 14.2. The quantitative estimate of drug-likeness (QED) is 0.274. The van der Waals surface area contributed by atoms with Crippen molar-refractivity contribution in [2.45, 2.75) is 56.9 Å². The molecule has 0 spiro atoms. The molecule has 4 heterocycles. The van der Waals surface area contributed by atoms with Gasteiger partial charge >= 0.3 is 0 Å². The number of halogens is 2. The molecule has 0 bridgehead atoms. The first-order valence-corrected chi connectivity index (χ1v) is 13.9. The Morgan fingerprint density at radius 2 is 1.98 bits per heavy atom. The summed E-state index contributed by atoms with van der Waals surface area (Å²) in [5.74, 6) is 1.18. The standard InChI is InChI=1S/C30H30ClFN6O2/c1-39-30(9-10-30)19-38-27-17-34-23(16-33)15-26(27)36-28(38)18-37-11-7-24(8-12-37)40-29-4-2-3-22(35-29)13-20-5-6-21(31)14-25(20)32/h2-6,14-15,17,24H,7-13,18-19H2,1H3. The Morgan fingerprint density at radius 1 is 1.15 bits per heavy atom. The lowest BCUT2D eigenvalue weighted by molar-refractivity contribution is 0.0631. The lowest BCUT2D eigenvalue weighted by Crippen LogP contribution is -2.38. The molecular formula is C30H30ClFN6O2. The molecule has 1 aliphatic carbocycles. The smallest absolute Gasteiger partial charge is 0.213 e. The van der Waals surface area contributed by atoms with E-state index in [9.17, 15) is 9.65 Å². The van der Waals surface area contributed by atoms with Crippen molar-refractivity contribution >= 4 is 22.6 Å². The summed E-state index contributed by atoms with van der Waals surface area (Å²) < 4.78 is 28.5. The fraction of sp³-hybridized carbons (Fsp3) is 0.400. The van der Waals surface area contributed by atoms with E-state index in [4.69, 9.17) is 26.1 Å². The van der Waals surface area contributed by atoms with Crippen LogP contribution in [0.1, 0.15) is 48.5 Å². The molecule has 6 rings (SSSR count). The molecule has 3 aromatic heterocycles. The number of fused-ring (bicyclic) bond motifs is 1. The van der Waals surface area contributed by atoms with Gasteiger partial charge in [-0.3, -0.25) is 4.90 Å². The lowest BCUT2D eigenvalue weighted by Gasteiger charge is -2.32. The summed E-state index contributed by atoms with van der Waals surface area (Å²) in [5.41, 5.74) is 3.24. The summed E-state index contributed by atoms with van der Waals surface area (Å²) in [6.45, 7) is 3.15. The van der Waals surface area contributed by atoms with E-state index in [0.29, 0.717) is 35.1 Å². The molecule has 1 aliphatic heterocycles. The van der Waals surface area contributed by atoms with Gasteiger partial charge in [-0.15, -0.1) is 0 Å². The van der Waals surface area contributed by atoms with Crippen molar-refractivity contribution in [2.24, 2.45) is 0 Å². The molecule has 0 atom stereocenters. The van der Waals surface area contributed by atoms with E-state index >= 15 is 0 Å². The third-order valence-electron chi connectivity index (χ3n) is 7.87. The van der Waals surface area contributed by atoms with Crippen molar-refractivity contribution in [1.29, 1.82) is 5.26 Å². The molecule has 10 heteroatoms. The summed E-state index contributed by atoms with van der Waals surface area (Å²) in [7, 11) is 1.77. The summed E-state index contributed by atoms with van der Waals surface area (Å²) in [4.78, 5) is 16.2. The monoisotopic (exact) mass is 560 g/mol. The van der Waals surface area contributed by atoms with Gasteiger partial charge in [-0.25, -0.2) is 19.3 Å². The van der Waals surface area contributed by atoms with Crippen molar-refractivity contribution < 1.29 is 13.9 Å². The summed E-state index contributed by atoms with van der Waals surface area (Å²) in [5, 5.41) is 9.67. The van der Waals surface area contributed by atoms with Gasteiger partial charge in [0.05, 0.1) is 35.9 Å². The zero-order chi connectivity index (χ0) is 27.7. The van der Waals surface area contributed by atoms with Crippen LogP contribution in [0.3, 0.4) is 0 Å². The van der Waals surface area contributed by atoms with Gasteiger partial charge in [-0.2, -0.15) is 5.26 Å². The third kappa shape index (κ3) is 5.80. The molecule has 1 aromatic carbocycles. The van der Waals surface area contributed by atoms with Crippen LogP contribution in [0.4, 0.5) is 4.39 Å². The molecule has 1 saturated heterocycles. The lowest BCUT2D eigenvalue weighted by atomic mass is 10.1. The number of benzene rings is 1. The fourth-order valence-electron chi connectivity index (χ4n) is 5.32. The van der Waals surface area contributed by atoms with Crippen molar-refractivity contribution in [2.75, 3.05) is 20.2 Å². The largest absolute Gasteiger partial charge is 0.474 e. The molecule has 206 valence electrons. The highest BCUT2D eigenvalue weighted by molar-refractivity contribution is 6.30. The van der Waals surface area contributed by atoms with Gasteiger partial charge in [-0.1, -0.05) is 23.7 Å². The Kier molecular flexibility index (Phi) is 7.41. The van der Waals surface area contributed by atoms with Crippen LogP contribution in [0, 0.1) is 17.1 Å². The maximum atomic E-state index is 14.2. The van der Waals surface area contributed by atoms with Crippen LogP contribution in [0.2, 0.25) is 5.02 Å². The Balaban J connectivity index is 1.10. The predicted molar refractivity (Wildman–Crippen MR) is 149 cm³/mol. The number of pyridine rings is 2. The average molecular weight is 561 g/mol. The maximum Gasteiger partial charge on any atom is 0.213 e. The highest BCUT2D eigenvalue weighted by Crippen LogP contribution is 2.41. The first kappa shape index (κ1) is 26.6. The van der Waals surface area contributed by atoms with Crippen molar-refractivity contribution in [1.82, 2.24) is 24.4 Å². The summed E-state index contributed by atoms with van der Waals surface area (Å²) in [6.07, 6.45) is 5.95. The van der Waals surface area contributed by atoms with Crippen molar-refractivity contribution in [3.05, 3.63) is 82.3 Å². The number of piperidine rings is 1. The van der Waals surface area contributed by atoms with E-state index in [2.05, 4.69) is 25.5 Å². The van der Waals surface area contributed by atoms with Crippen LogP contribution in [0.15, 0.2) is 48.7 Å². The SMILES string of the molecule is COC1(Cn2c(CN3CCC(Oc4cccc(Cc5ccc(Cl)cc5F)n4)CC3)nc3cc(C#N)ncc32)CC1. The second kappa shape index (κ2) is 11.1. The van der Waals surface area contributed by atoms with Crippen LogP contribution < -0.4 is 4.74 Å². The molecule has 0 amide bonds. The molecule has 40 heavy (non-hydrogen) atoms. The van der Waals surface area contributed by atoms with Crippen LogP contribution in [0.5, 0.6) is 5.88 Å². The minimum atomic E-state index is -0.335. The van der Waals surface area contributed by atoms with Gasteiger partial charge in [-0.05, 0) is 49.4 Å². The zero-order valence-electron chi connectivity index (χ0n) is 22.3. The Bertz CT molecular complexity index is 1570. The van der Waals surface area contributed by atoms with Gasteiger partial charge in [0, 0.05) is 49.5 Å². The minimum Gasteiger partial charge on any atom is -0.474 e. The average Bonchev–Trinajstić information content (AvgIpc) is 3.67. The molecule has 0 unspecified atom stereocenters. The number of hydrogen-bond acceptors (Lipinski definition) is 7. The van der Waals surface area contributed by atoms with Gasteiger partial charge in [0.2, 0.25) is 5.88 Å². The number of aromatic nitrogens is 4. The third-order valence-corrected chi connectivity index (χ3v) is 8.11. The fourth-order valence-corrected chi connectivity index (χ4v) is 5.48. The van der Waals surface area contributed by atoms with Crippen LogP contribution in [-0.4, -0.2) is 56.3 Å². The first-order chi connectivity index (χ1) is 19.4. The second-order valence-electron chi connectivity index (χ2n) is 10.6. The molecule has 4 aromatic rings. The number of ether oxygens (including phenoxy) is 2. The molecule has 1 saturated carbocycles. The number of nitrogens with zero attached hydrogens (tertiary/aromatic N) is 6. The molecule has 2 fully saturated rings. The van der Waals surface area contributed by atoms with Crippen molar-refractivity contribution in [3.8, 4) is 11.9 Å². The van der Waals surface area contributed by atoms with E-state index in [-0.39, 0.29) is 17.5 Å². The Hall–Kier alpha value is -3.58. The van der Waals surface area contributed by atoms with Gasteiger partial charge in [0.1, 0.15) is 29.5 Å². The number of rotatable bonds is 9. The van der Waals surface area contributed by atoms with E-state index in [1.807, 2.05) is 18.2 Å². The summed E-state index contributed by atoms with van der Waals surface area (Å²) >= 11 is 5.88. The number of hydrogen-bond donors (Lipinski definition) is 0. The second-order valence-corrected chi connectivity index (χ2v) is 11.1. The normalized spacial score (nSPS) is 17.1. The van der Waals surface area contributed by atoms with Crippen molar-refractivity contribution in [3.63, 3.8) is 0 Å². The minimum absolute atomic E-state index is 0.0516. The van der Waals surface area contributed by atoms with Crippen LogP contribution >= 0.6 is 11.6 Å². The van der Waals surface area contributed by atoms with E-state index in [1.54, 1.807) is 31.5 Å². The number of methoxy groups -OCH3 is 1. The molecule has 2 aliphatic rings. The predicted octanol–water partition coefficient (Wildman–Crippen LogP) is 5.30.